The third-order valence-corrected chi connectivity index (χ3v) is 4.91. The van der Waals surface area contributed by atoms with E-state index >= 15 is 0 Å². The Morgan fingerprint density at radius 2 is 2.04 bits per heavy atom. The summed E-state index contributed by atoms with van der Waals surface area (Å²) < 4.78 is 11.0. The molecule has 0 bridgehead atoms. The van der Waals surface area contributed by atoms with Gasteiger partial charge in [-0.2, -0.15) is 0 Å². The first kappa shape index (κ1) is 15.8. The van der Waals surface area contributed by atoms with Gasteiger partial charge >= 0.3 is 0 Å². The summed E-state index contributed by atoms with van der Waals surface area (Å²) >= 11 is 1.59. The number of rotatable bonds is 4. The predicted octanol–water partition coefficient (Wildman–Crippen LogP) is 4.14. The summed E-state index contributed by atoms with van der Waals surface area (Å²) in [6.45, 7) is 0. The normalized spacial score (nSPS) is 16.8. The van der Waals surface area contributed by atoms with Crippen LogP contribution in [0.1, 0.15) is 5.56 Å². The zero-order valence-electron chi connectivity index (χ0n) is 13.6. The molecule has 1 atom stereocenters. The molecule has 2 aromatic carbocycles. The molecule has 25 heavy (non-hydrogen) atoms. The number of nitrogens with two attached hydrogens (primary N) is 1. The number of ether oxygens (including phenoxy) is 1. The summed E-state index contributed by atoms with van der Waals surface area (Å²) in [6, 6.07) is 16.2. The number of thioether (sulfide) groups is 1. The molecule has 0 aliphatic carbocycles. The van der Waals surface area contributed by atoms with Crippen molar-refractivity contribution in [2.45, 2.75) is 5.50 Å². The Morgan fingerprint density at radius 3 is 2.76 bits per heavy atom. The minimum atomic E-state index is -0.184. The number of anilines is 1. The number of oxazole rings is 1. The van der Waals surface area contributed by atoms with E-state index in [0.717, 1.165) is 22.5 Å². The summed E-state index contributed by atoms with van der Waals surface area (Å²) in [7, 11) is 1.64. The first-order chi connectivity index (χ1) is 12.3. The lowest BCUT2D eigenvalue weighted by Gasteiger charge is -2.27. The van der Waals surface area contributed by atoms with Gasteiger partial charge in [0.05, 0.1) is 24.6 Å². The van der Waals surface area contributed by atoms with Gasteiger partial charge in [-0.05, 0) is 23.1 Å². The van der Waals surface area contributed by atoms with Crippen molar-refractivity contribution >= 4 is 23.1 Å². The molecular formula is C19H17N3O2S. The van der Waals surface area contributed by atoms with Crippen molar-refractivity contribution in [2.75, 3.05) is 12.0 Å². The number of benzene rings is 2. The highest BCUT2D eigenvalue weighted by Gasteiger charge is 2.27. The fraction of sp³-hybridized carbons (Fsp3) is 0.105. The lowest BCUT2D eigenvalue weighted by molar-refractivity contribution is 0.414. The van der Waals surface area contributed by atoms with Crippen LogP contribution < -0.4 is 15.4 Å². The third-order valence-electron chi connectivity index (χ3n) is 4.06. The van der Waals surface area contributed by atoms with Crippen LogP contribution in [0.15, 0.2) is 70.9 Å². The zero-order chi connectivity index (χ0) is 17.2. The van der Waals surface area contributed by atoms with Crippen molar-refractivity contribution in [3.63, 3.8) is 0 Å². The topological polar surface area (TPSA) is 64.5 Å². The van der Waals surface area contributed by atoms with E-state index < -0.39 is 0 Å². The highest BCUT2D eigenvalue weighted by atomic mass is 32.2. The molecule has 126 valence electrons. The van der Waals surface area contributed by atoms with Crippen molar-refractivity contribution in [3.8, 4) is 17.1 Å². The van der Waals surface area contributed by atoms with Gasteiger partial charge in [0, 0.05) is 11.8 Å². The van der Waals surface area contributed by atoms with Gasteiger partial charge in [-0.25, -0.2) is 4.98 Å². The molecule has 0 radical (unpaired) electrons. The van der Waals surface area contributed by atoms with E-state index in [1.54, 1.807) is 25.1 Å². The molecule has 0 saturated carbocycles. The van der Waals surface area contributed by atoms with Gasteiger partial charge in [0.2, 0.25) is 0 Å². The lowest BCUT2D eigenvalue weighted by atomic mass is 10.1. The molecule has 1 aliphatic rings. The van der Waals surface area contributed by atoms with E-state index in [0.29, 0.717) is 11.5 Å². The lowest BCUT2D eigenvalue weighted by Crippen LogP contribution is -2.34. The molecule has 5 nitrogen and oxygen atoms in total. The van der Waals surface area contributed by atoms with Crippen LogP contribution in [0, 0.1) is 0 Å². The Labute approximate surface area is 150 Å². The van der Waals surface area contributed by atoms with Crippen LogP contribution in [0.5, 0.6) is 5.75 Å². The van der Waals surface area contributed by atoms with E-state index in [-0.39, 0.29) is 5.50 Å². The van der Waals surface area contributed by atoms with Crippen LogP contribution in [0.3, 0.4) is 0 Å². The minimum Gasteiger partial charge on any atom is -0.496 e. The van der Waals surface area contributed by atoms with Crippen LogP contribution in [0.4, 0.5) is 5.69 Å². The minimum absolute atomic E-state index is 0.184. The molecule has 0 spiro atoms. The summed E-state index contributed by atoms with van der Waals surface area (Å²) in [5, 5.41) is 2.09. The van der Waals surface area contributed by atoms with Crippen molar-refractivity contribution in [3.05, 3.63) is 72.1 Å². The largest absolute Gasteiger partial charge is 0.496 e. The molecular weight excluding hydrogens is 334 g/mol. The maximum Gasteiger partial charge on any atom is 0.181 e. The van der Waals surface area contributed by atoms with E-state index in [9.17, 15) is 0 Å². The molecule has 0 amide bonds. The first-order valence-corrected chi connectivity index (χ1v) is 8.75. The Kier molecular flexibility index (Phi) is 4.21. The molecule has 6 heteroatoms. The Balaban J connectivity index is 1.74. The van der Waals surface area contributed by atoms with E-state index in [2.05, 4.69) is 27.4 Å². The van der Waals surface area contributed by atoms with Crippen LogP contribution >= 0.6 is 11.8 Å². The van der Waals surface area contributed by atoms with E-state index in [4.69, 9.17) is 14.9 Å². The molecule has 1 unspecified atom stereocenters. The molecule has 3 aromatic rings. The van der Waals surface area contributed by atoms with Crippen LogP contribution in [-0.2, 0) is 0 Å². The average molecular weight is 351 g/mol. The van der Waals surface area contributed by atoms with Crippen LogP contribution in [0.2, 0.25) is 0 Å². The Morgan fingerprint density at radius 1 is 1.20 bits per heavy atom. The van der Waals surface area contributed by atoms with E-state index in [1.165, 1.54) is 6.39 Å². The second-order valence-corrected chi connectivity index (χ2v) is 6.51. The predicted molar refractivity (Wildman–Crippen MR) is 101 cm³/mol. The summed E-state index contributed by atoms with van der Waals surface area (Å²) in [6.07, 6.45) is 3.08. The Bertz CT molecular complexity index is 894. The van der Waals surface area contributed by atoms with Crippen LogP contribution in [-0.4, -0.2) is 17.6 Å². The SMILES string of the molecule is COc1cc(N2C(c3ccccc3)=CSC2N)ccc1-c1cnco1. The summed E-state index contributed by atoms with van der Waals surface area (Å²) in [4.78, 5) is 6.08. The summed E-state index contributed by atoms with van der Waals surface area (Å²) in [5.74, 6) is 1.38. The smallest absolute Gasteiger partial charge is 0.181 e. The number of hydrogen-bond acceptors (Lipinski definition) is 6. The Hall–Kier alpha value is -2.70. The van der Waals surface area contributed by atoms with Gasteiger partial charge in [-0.15, -0.1) is 0 Å². The van der Waals surface area contributed by atoms with Gasteiger partial charge in [-0.1, -0.05) is 42.1 Å². The fourth-order valence-electron chi connectivity index (χ4n) is 2.87. The van der Waals surface area contributed by atoms with Crippen molar-refractivity contribution in [2.24, 2.45) is 5.73 Å². The highest BCUT2D eigenvalue weighted by molar-refractivity contribution is 8.03. The molecule has 4 rings (SSSR count). The first-order valence-electron chi connectivity index (χ1n) is 7.80. The second kappa shape index (κ2) is 6.66. The van der Waals surface area contributed by atoms with Gasteiger partial charge < -0.3 is 19.8 Å². The van der Waals surface area contributed by atoms with E-state index in [1.807, 2.05) is 36.4 Å². The molecule has 2 heterocycles. The van der Waals surface area contributed by atoms with Crippen molar-refractivity contribution < 1.29 is 9.15 Å². The molecule has 2 N–H and O–H groups in total. The van der Waals surface area contributed by atoms with Gasteiger partial charge in [0.25, 0.3) is 0 Å². The maximum absolute atomic E-state index is 6.33. The summed E-state index contributed by atoms with van der Waals surface area (Å²) in [5.41, 5.74) is 10.2. The molecule has 0 saturated heterocycles. The molecule has 1 aromatic heterocycles. The number of methoxy groups -OCH3 is 1. The third kappa shape index (κ3) is 2.90. The average Bonchev–Trinajstić information content (AvgIpc) is 3.32. The fourth-order valence-corrected chi connectivity index (χ4v) is 3.75. The second-order valence-electron chi connectivity index (χ2n) is 5.52. The molecule has 1 aliphatic heterocycles. The van der Waals surface area contributed by atoms with Gasteiger partial charge in [0.15, 0.2) is 12.2 Å². The van der Waals surface area contributed by atoms with Gasteiger partial charge in [0.1, 0.15) is 11.2 Å². The molecule has 0 fully saturated rings. The quantitative estimate of drug-likeness (QED) is 0.762. The monoisotopic (exact) mass is 351 g/mol. The highest BCUT2D eigenvalue weighted by Crippen LogP contribution is 2.41. The van der Waals surface area contributed by atoms with Crippen LogP contribution in [0.25, 0.3) is 17.0 Å². The van der Waals surface area contributed by atoms with Crippen molar-refractivity contribution in [1.29, 1.82) is 0 Å². The maximum atomic E-state index is 6.33. The van der Waals surface area contributed by atoms with Gasteiger partial charge in [-0.3, -0.25) is 0 Å². The number of hydrogen-bond donors (Lipinski definition) is 1. The number of aromatic nitrogens is 1. The standard InChI is InChI=1S/C19H17N3O2S/c1-23-17-9-14(7-8-15(17)18-10-21-12-24-18)22-16(11-25-19(22)20)13-5-3-2-4-6-13/h2-12,19H,20H2,1H3. The van der Waals surface area contributed by atoms with Crippen molar-refractivity contribution in [1.82, 2.24) is 4.98 Å². The number of nitrogens with zero attached hydrogens (tertiary/aromatic N) is 2. The zero-order valence-corrected chi connectivity index (χ0v) is 14.4.